The largest absolute Gasteiger partial charge is 0.417 e. The Morgan fingerprint density at radius 2 is 2.09 bits per heavy atom. The topological polar surface area (TPSA) is 75.1 Å². The molecule has 0 saturated carbocycles. The highest BCUT2D eigenvalue weighted by Crippen LogP contribution is 2.17. The smallest absolute Gasteiger partial charge is 0.407 e. The summed E-state index contributed by atoms with van der Waals surface area (Å²) in [4.78, 5) is 26.1. The third-order valence-electron chi connectivity index (χ3n) is 3.68. The fourth-order valence-electron chi connectivity index (χ4n) is 2.42. The third kappa shape index (κ3) is 3.15. The molecule has 0 aliphatic carbocycles. The molecule has 0 spiro atoms. The van der Waals surface area contributed by atoms with E-state index in [1.165, 1.54) is 12.1 Å². The van der Waals surface area contributed by atoms with Crippen LogP contribution in [0.3, 0.4) is 0 Å². The molecule has 1 amide bonds. The predicted octanol–water partition coefficient (Wildman–Crippen LogP) is 2.79. The molecule has 0 aliphatic rings. The van der Waals surface area contributed by atoms with E-state index in [0.717, 1.165) is 5.56 Å². The van der Waals surface area contributed by atoms with E-state index in [2.05, 4.69) is 10.3 Å². The monoisotopic (exact) mass is 314 g/mol. The van der Waals surface area contributed by atoms with Crippen molar-refractivity contribution in [1.29, 1.82) is 0 Å². The molecule has 1 aromatic heterocycles. The molecular weight excluding hydrogens is 299 g/mol. The van der Waals surface area contributed by atoms with Gasteiger partial charge in [-0.1, -0.05) is 25.1 Å². The van der Waals surface area contributed by atoms with E-state index >= 15 is 0 Å². The van der Waals surface area contributed by atoms with E-state index in [1.54, 1.807) is 24.3 Å². The maximum absolute atomic E-state index is 13.2. The van der Waals surface area contributed by atoms with Crippen molar-refractivity contribution in [3.8, 4) is 0 Å². The van der Waals surface area contributed by atoms with Crippen molar-refractivity contribution >= 4 is 17.0 Å². The van der Waals surface area contributed by atoms with Crippen molar-refractivity contribution < 1.29 is 13.6 Å². The van der Waals surface area contributed by atoms with Crippen LogP contribution in [0.4, 0.5) is 4.39 Å². The first kappa shape index (κ1) is 15.0. The highest BCUT2D eigenvalue weighted by Gasteiger charge is 2.15. The summed E-state index contributed by atoms with van der Waals surface area (Å²) in [5, 5.41) is 2.78. The third-order valence-corrected chi connectivity index (χ3v) is 3.68. The standard InChI is InChI=1S/C17H15FN2O3/c1-10(11-4-2-5-12(18)8-11)9-19-16(21)13-6-3-7-14-15(13)23-17(22)20-14/h2-8,10H,9H2,1H3,(H,19,21)(H,20,22). The number of para-hydroxylation sites is 1. The summed E-state index contributed by atoms with van der Waals surface area (Å²) >= 11 is 0. The summed E-state index contributed by atoms with van der Waals surface area (Å²) in [7, 11) is 0. The molecule has 3 aromatic rings. The molecule has 1 heterocycles. The van der Waals surface area contributed by atoms with Gasteiger partial charge in [-0.15, -0.1) is 0 Å². The van der Waals surface area contributed by atoms with Gasteiger partial charge in [-0.2, -0.15) is 0 Å². The van der Waals surface area contributed by atoms with E-state index < -0.39 is 5.76 Å². The van der Waals surface area contributed by atoms with Crippen LogP contribution in [0.1, 0.15) is 28.8 Å². The average molecular weight is 314 g/mol. The van der Waals surface area contributed by atoms with Gasteiger partial charge in [0.1, 0.15) is 5.82 Å². The molecule has 2 N–H and O–H groups in total. The Morgan fingerprint density at radius 1 is 1.30 bits per heavy atom. The lowest BCUT2D eigenvalue weighted by atomic mass is 10.0. The second kappa shape index (κ2) is 6.08. The normalized spacial score (nSPS) is 12.3. The van der Waals surface area contributed by atoms with Crippen molar-refractivity contribution in [2.24, 2.45) is 0 Å². The molecule has 6 heteroatoms. The molecule has 5 nitrogen and oxygen atoms in total. The van der Waals surface area contributed by atoms with Crippen LogP contribution in [-0.2, 0) is 0 Å². The van der Waals surface area contributed by atoms with Crippen LogP contribution in [-0.4, -0.2) is 17.4 Å². The van der Waals surface area contributed by atoms with Crippen molar-refractivity contribution in [2.45, 2.75) is 12.8 Å². The number of H-pyrrole nitrogens is 1. The number of hydrogen-bond donors (Lipinski definition) is 2. The molecule has 0 radical (unpaired) electrons. The van der Waals surface area contributed by atoms with Crippen LogP contribution in [0.5, 0.6) is 0 Å². The van der Waals surface area contributed by atoms with E-state index in [-0.39, 0.29) is 28.8 Å². The fraction of sp³-hybridized carbons (Fsp3) is 0.176. The summed E-state index contributed by atoms with van der Waals surface area (Å²) in [6.45, 7) is 2.24. The molecule has 0 saturated heterocycles. The van der Waals surface area contributed by atoms with Crippen LogP contribution < -0.4 is 11.1 Å². The zero-order chi connectivity index (χ0) is 16.4. The Hall–Kier alpha value is -2.89. The zero-order valence-electron chi connectivity index (χ0n) is 12.4. The second-order valence-corrected chi connectivity index (χ2v) is 5.36. The van der Waals surface area contributed by atoms with Gasteiger partial charge < -0.3 is 9.73 Å². The van der Waals surface area contributed by atoms with Crippen LogP contribution in [0.15, 0.2) is 51.7 Å². The molecule has 23 heavy (non-hydrogen) atoms. The van der Waals surface area contributed by atoms with Crippen molar-refractivity contribution in [2.75, 3.05) is 6.54 Å². The van der Waals surface area contributed by atoms with Gasteiger partial charge in [-0.05, 0) is 35.7 Å². The maximum atomic E-state index is 13.2. The summed E-state index contributed by atoms with van der Waals surface area (Å²) in [6.07, 6.45) is 0. The summed E-state index contributed by atoms with van der Waals surface area (Å²) in [5.74, 6) is -1.30. The number of hydrogen-bond acceptors (Lipinski definition) is 3. The molecule has 0 bridgehead atoms. The Balaban J connectivity index is 1.75. The number of fused-ring (bicyclic) bond motifs is 1. The highest BCUT2D eigenvalue weighted by molar-refractivity contribution is 6.03. The first-order chi connectivity index (χ1) is 11.0. The minimum Gasteiger partial charge on any atom is -0.407 e. The second-order valence-electron chi connectivity index (χ2n) is 5.36. The van der Waals surface area contributed by atoms with Crippen LogP contribution in [0.25, 0.3) is 11.1 Å². The quantitative estimate of drug-likeness (QED) is 0.777. The van der Waals surface area contributed by atoms with Gasteiger partial charge in [-0.3, -0.25) is 9.78 Å². The molecule has 2 aromatic carbocycles. The number of aromatic amines is 1. The van der Waals surface area contributed by atoms with Gasteiger partial charge >= 0.3 is 5.76 Å². The molecule has 118 valence electrons. The van der Waals surface area contributed by atoms with Crippen LogP contribution >= 0.6 is 0 Å². The Bertz CT molecular complexity index is 913. The lowest BCUT2D eigenvalue weighted by Gasteiger charge is -2.13. The summed E-state index contributed by atoms with van der Waals surface area (Å²) in [5.41, 5.74) is 1.79. The number of aromatic nitrogens is 1. The minimum absolute atomic E-state index is 0.0490. The number of halogens is 1. The Morgan fingerprint density at radius 3 is 2.87 bits per heavy atom. The molecule has 3 rings (SSSR count). The number of oxazole rings is 1. The number of carbonyl (C=O) groups is 1. The molecule has 0 fully saturated rings. The average Bonchev–Trinajstić information content (AvgIpc) is 2.92. The number of benzene rings is 2. The van der Waals surface area contributed by atoms with E-state index in [9.17, 15) is 14.0 Å². The van der Waals surface area contributed by atoms with Gasteiger partial charge in [-0.25, -0.2) is 9.18 Å². The number of carbonyl (C=O) groups excluding carboxylic acids is 1. The highest BCUT2D eigenvalue weighted by atomic mass is 19.1. The SMILES string of the molecule is CC(CNC(=O)c1cccc2[nH]c(=O)oc12)c1cccc(F)c1. The van der Waals surface area contributed by atoms with E-state index in [4.69, 9.17) is 4.42 Å². The zero-order valence-corrected chi connectivity index (χ0v) is 12.4. The molecule has 0 aliphatic heterocycles. The van der Waals surface area contributed by atoms with Gasteiger partial charge in [0.15, 0.2) is 5.58 Å². The Labute approximate surface area is 131 Å². The van der Waals surface area contributed by atoms with Crippen LogP contribution in [0, 0.1) is 5.82 Å². The number of amides is 1. The minimum atomic E-state index is -0.603. The van der Waals surface area contributed by atoms with E-state index in [0.29, 0.717) is 12.1 Å². The fourth-order valence-corrected chi connectivity index (χ4v) is 2.42. The van der Waals surface area contributed by atoms with Crippen molar-refractivity contribution in [1.82, 2.24) is 10.3 Å². The molecule has 1 atom stereocenters. The summed E-state index contributed by atoms with van der Waals surface area (Å²) in [6, 6.07) is 11.2. The van der Waals surface area contributed by atoms with Gasteiger partial charge in [0.25, 0.3) is 5.91 Å². The van der Waals surface area contributed by atoms with Crippen molar-refractivity contribution in [3.63, 3.8) is 0 Å². The number of nitrogens with one attached hydrogen (secondary N) is 2. The van der Waals surface area contributed by atoms with Gasteiger partial charge in [0, 0.05) is 6.54 Å². The molecular formula is C17H15FN2O3. The maximum Gasteiger partial charge on any atom is 0.417 e. The van der Waals surface area contributed by atoms with Crippen molar-refractivity contribution in [3.05, 3.63) is 70.0 Å². The predicted molar refractivity (Wildman–Crippen MR) is 84.0 cm³/mol. The Kier molecular flexibility index (Phi) is 3.97. The first-order valence-electron chi connectivity index (χ1n) is 7.20. The van der Waals surface area contributed by atoms with E-state index in [1.807, 2.05) is 13.0 Å². The molecule has 1 unspecified atom stereocenters. The first-order valence-corrected chi connectivity index (χ1v) is 7.20. The van der Waals surface area contributed by atoms with Gasteiger partial charge in [0.2, 0.25) is 0 Å². The summed E-state index contributed by atoms with van der Waals surface area (Å²) < 4.78 is 18.2. The number of rotatable bonds is 4. The lowest BCUT2D eigenvalue weighted by Crippen LogP contribution is -2.27. The van der Waals surface area contributed by atoms with Crippen LogP contribution in [0.2, 0.25) is 0 Å². The lowest BCUT2D eigenvalue weighted by molar-refractivity contribution is 0.0952. The van der Waals surface area contributed by atoms with Gasteiger partial charge in [0.05, 0.1) is 11.1 Å².